The Balaban J connectivity index is 2.23. The van der Waals surface area contributed by atoms with Crippen molar-refractivity contribution in [2.75, 3.05) is 0 Å². The molecule has 29 heavy (non-hydrogen) atoms. The van der Waals surface area contributed by atoms with Crippen molar-refractivity contribution in [3.05, 3.63) is 57.6 Å². The summed E-state index contributed by atoms with van der Waals surface area (Å²) in [5.41, 5.74) is 7.88. The van der Waals surface area contributed by atoms with Gasteiger partial charge in [-0.15, -0.1) is 0 Å². The average molecular weight is 612 g/mol. The van der Waals surface area contributed by atoms with Crippen molar-refractivity contribution in [1.82, 2.24) is 0 Å². The summed E-state index contributed by atoms with van der Waals surface area (Å²) in [6, 6.07) is 8.54. The Labute approximate surface area is 188 Å². The monoisotopic (exact) mass is 614 g/mol. The molecule has 0 amide bonds. The topological polar surface area (TPSA) is 27.7 Å². The molecule has 0 radical (unpaired) electrons. The summed E-state index contributed by atoms with van der Waals surface area (Å²) in [7, 11) is 0. The van der Waals surface area contributed by atoms with Gasteiger partial charge in [0.25, 0.3) is 0 Å². The molecule has 3 nitrogen and oxygen atoms in total. The summed E-state index contributed by atoms with van der Waals surface area (Å²) >= 11 is -6.50. The Morgan fingerprint density at radius 1 is 0.621 bits per heavy atom. The van der Waals surface area contributed by atoms with Crippen molar-refractivity contribution in [1.29, 1.82) is 0 Å². The quantitative estimate of drug-likeness (QED) is 0.303. The molecule has 0 aromatic heterocycles. The van der Waals surface area contributed by atoms with Crippen molar-refractivity contribution in [2.24, 2.45) is 0 Å². The van der Waals surface area contributed by atoms with Crippen LogP contribution in [0.15, 0.2) is 24.3 Å². The number of hydrogen-bond donors (Lipinski definition) is 0. The van der Waals surface area contributed by atoms with Crippen LogP contribution in [0.5, 0.6) is 11.5 Å². The molecule has 0 aliphatic heterocycles. The van der Waals surface area contributed by atoms with E-state index in [1.54, 1.807) is 0 Å². The Morgan fingerprint density at radius 2 is 0.966 bits per heavy atom. The Kier molecular flexibility index (Phi) is 8.42. The zero-order chi connectivity index (χ0) is 22.0. The van der Waals surface area contributed by atoms with Gasteiger partial charge in [0, 0.05) is 0 Å². The van der Waals surface area contributed by atoms with Gasteiger partial charge in [-0.05, 0) is 0 Å². The maximum absolute atomic E-state index is 6.75. The third kappa shape index (κ3) is 6.29. The van der Waals surface area contributed by atoms with E-state index in [9.17, 15) is 0 Å². The van der Waals surface area contributed by atoms with E-state index in [0.29, 0.717) is 0 Å². The fourth-order valence-corrected chi connectivity index (χ4v) is 35.9. The minimum atomic E-state index is -3.25. The summed E-state index contributed by atoms with van der Waals surface area (Å²) in [5, 5.41) is 0. The van der Waals surface area contributed by atoms with Crippen molar-refractivity contribution in [3.8, 4) is 11.5 Å². The molecule has 0 aliphatic rings. The molecule has 0 fully saturated rings. The molecule has 2 aromatic rings. The molecule has 5 heteroatoms. The van der Waals surface area contributed by atoms with Gasteiger partial charge in [0.15, 0.2) is 0 Å². The zero-order valence-corrected chi connectivity index (χ0v) is 25.7. The minimum absolute atomic E-state index is 0.969. The second-order valence-corrected chi connectivity index (χ2v) is 30.4. The van der Waals surface area contributed by atoms with Crippen LogP contribution in [0.3, 0.4) is 0 Å². The molecule has 0 atom stereocenters. The Morgan fingerprint density at radius 3 is 1.28 bits per heavy atom. The van der Waals surface area contributed by atoms with Crippen molar-refractivity contribution in [3.63, 3.8) is 0 Å². The molecule has 0 saturated carbocycles. The van der Waals surface area contributed by atoms with Gasteiger partial charge in [-0.3, -0.25) is 0 Å². The summed E-state index contributed by atoms with van der Waals surface area (Å²) in [6.07, 6.45) is 1.94. The first-order chi connectivity index (χ1) is 13.4. The first kappa shape index (κ1) is 24.9. The van der Waals surface area contributed by atoms with E-state index in [1.807, 2.05) is 0 Å². The second kappa shape index (κ2) is 9.82. The Hall–Kier alpha value is -0.403. The van der Waals surface area contributed by atoms with Crippen LogP contribution >= 0.6 is 0 Å². The van der Waals surface area contributed by atoms with Crippen LogP contribution in [-0.4, -0.2) is 38.4 Å². The van der Waals surface area contributed by atoms with Gasteiger partial charge in [-0.25, -0.2) is 0 Å². The van der Waals surface area contributed by atoms with E-state index in [2.05, 4.69) is 85.6 Å². The summed E-state index contributed by atoms with van der Waals surface area (Å²) < 4.78 is 19.9. The summed E-state index contributed by atoms with van der Waals surface area (Å²) in [6.45, 7) is 13.1. The molecule has 0 unspecified atom stereocenters. The van der Waals surface area contributed by atoms with Gasteiger partial charge >= 0.3 is 189 Å². The standard InChI is InChI=1S/2C10H14O.4CH3.O.2Sn/c2*1-4-9-8(3)7(2)5-6-10(9)11;;;;;;;/h2*5-6,11H,4H2,1-3H3;4*1H3;;;/q;;;;;;;2*+1/p-2. The van der Waals surface area contributed by atoms with Crippen LogP contribution in [-0.2, 0) is 14.3 Å². The maximum atomic E-state index is 6.75. The van der Waals surface area contributed by atoms with Gasteiger partial charge in [0.2, 0.25) is 0 Å². The van der Waals surface area contributed by atoms with Crippen LogP contribution in [0, 0.1) is 27.7 Å². The van der Waals surface area contributed by atoms with Gasteiger partial charge in [0.05, 0.1) is 0 Å². The fourth-order valence-electron chi connectivity index (χ4n) is 3.93. The molecule has 0 heterocycles. The summed E-state index contributed by atoms with van der Waals surface area (Å²) in [5.74, 6) is 2.00. The average Bonchev–Trinajstić information content (AvgIpc) is 2.60. The molecule has 2 rings (SSSR count). The normalized spacial score (nSPS) is 12.2. The van der Waals surface area contributed by atoms with E-state index in [0.717, 1.165) is 24.3 Å². The van der Waals surface area contributed by atoms with Crippen LogP contribution in [0.25, 0.3) is 0 Å². The van der Waals surface area contributed by atoms with Gasteiger partial charge in [-0.1, -0.05) is 0 Å². The van der Waals surface area contributed by atoms with Crippen LogP contribution < -0.4 is 6.15 Å². The van der Waals surface area contributed by atoms with E-state index >= 15 is 0 Å². The Bertz CT molecular complexity index is 801. The molecule has 0 saturated heterocycles. The molecule has 160 valence electrons. The van der Waals surface area contributed by atoms with Crippen molar-refractivity contribution in [2.45, 2.75) is 74.1 Å². The first-order valence-corrected chi connectivity index (χ1v) is 26.7. The second-order valence-electron chi connectivity index (χ2n) is 8.78. The third-order valence-electron chi connectivity index (χ3n) is 5.56. The molecule has 2 aromatic carbocycles. The third-order valence-corrected chi connectivity index (χ3v) is 31.3. The summed E-state index contributed by atoms with van der Waals surface area (Å²) in [4.78, 5) is 8.80. The van der Waals surface area contributed by atoms with Gasteiger partial charge in [-0.2, -0.15) is 0 Å². The molecular formula is C24H38O3Sn2. The molecule has 0 aliphatic carbocycles. The molecule has 0 spiro atoms. The SMILES string of the molecule is CCc1c([O][Sn]([CH3])([CH3])[O][Sn]([CH3])([CH3])[O]c2ccc(C)c(C)c2CC)ccc(C)c1C. The van der Waals surface area contributed by atoms with Crippen molar-refractivity contribution >= 4 is 38.4 Å². The fraction of sp³-hybridized carbons (Fsp3) is 0.500. The van der Waals surface area contributed by atoms with Crippen molar-refractivity contribution < 1.29 is 7.56 Å². The first-order valence-electron chi connectivity index (χ1n) is 10.7. The zero-order valence-electron chi connectivity index (χ0n) is 19.9. The molecular weight excluding hydrogens is 574 g/mol. The van der Waals surface area contributed by atoms with E-state index in [1.165, 1.54) is 33.4 Å². The van der Waals surface area contributed by atoms with E-state index in [4.69, 9.17) is 7.56 Å². The number of aryl methyl sites for hydroxylation is 2. The number of rotatable bonds is 8. The van der Waals surface area contributed by atoms with E-state index in [-0.39, 0.29) is 0 Å². The van der Waals surface area contributed by atoms with Gasteiger partial charge in [0.1, 0.15) is 0 Å². The van der Waals surface area contributed by atoms with Gasteiger partial charge < -0.3 is 0 Å². The van der Waals surface area contributed by atoms with Crippen LogP contribution in [0.1, 0.15) is 47.2 Å². The van der Waals surface area contributed by atoms with Crippen LogP contribution in [0.4, 0.5) is 0 Å². The molecule has 0 N–H and O–H groups in total. The van der Waals surface area contributed by atoms with E-state index < -0.39 is 38.4 Å². The number of benzene rings is 2. The predicted octanol–water partition coefficient (Wildman–Crippen LogP) is 6.92. The van der Waals surface area contributed by atoms with Crippen LogP contribution in [0.2, 0.25) is 19.8 Å². The molecule has 0 bridgehead atoms. The predicted molar refractivity (Wildman–Crippen MR) is 128 cm³/mol. The number of hydrogen-bond acceptors (Lipinski definition) is 3.